The first kappa shape index (κ1) is 20.0. The molecule has 0 saturated heterocycles. The lowest BCUT2D eigenvalue weighted by Gasteiger charge is -2.18. The molecule has 0 N–H and O–H groups in total. The maximum Gasteiger partial charge on any atom is 0.337 e. The van der Waals surface area contributed by atoms with E-state index in [0.29, 0.717) is 29.5 Å². The van der Waals surface area contributed by atoms with E-state index < -0.39 is 0 Å². The number of benzene rings is 3. The van der Waals surface area contributed by atoms with Crippen molar-refractivity contribution < 1.29 is 19.1 Å². The molecule has 0 aromatic heterocycles. The monoisotopic (exact) mass is 387 g/mol. The van der Waals surface area contributed by atoms with Crippen LogP contribution in [0.3, 0.4) is 0 Å². The van der Waals surface area contributed by atoms with Gasteiger partial charge < -0.3 is 9.64 Å². The molecule has 0 unspecified atom stereocenters. The summed E-state index contributed by atoms with van der Waals surface area (Å²) in [7, 11) is 3.06. The van der Waals surface area contributed by atoms with Crippen molar-refractivity contribution >= 4 is 18.2 Å². The smallest absolute Gasteiger partial charge is 0.337 e. The van der Waals surface area contributed by atoms with E-state index >= 15 is 0 Å². The summed E-state index contributed by atoms with van der Waals surface area (Å²) in [6, 6.07) is 21.8. The predicted molar refractivity (Wildman–Crippen MR) is 111 cm³/mol. The predicted octanol–water partition coefficient (Wildman–Crippen LogP) is 4.22. The Bertz CT molecular complexity index is 1040. The molecule has 0 aliphatic carbocycles. The van der Waals surface area contributed by atoms with Crippen LogP contribution >= 0.6 is 0 Å². The van der Waals surface area contributed by atoms with E-state index in [1.165, 1.54) is 7.11 Å². The van der Waals surface area contributed by atoms with Crippen LogP contribution in [-0.2, 0) is 11.3 Å². The van der Waals surface area contributed by atoms with E-state index in [4.69, 9.17) is 4.74 Å². The maximum absolute atomic E-state index is 12.7. The number of nitrogens with zero attached hydrogens (tertiary/aromatic N) is 1. The lowest BCUT2D eigenvalue weighted by molar-refractivity contribution is 0.0600. The van der Waals surface area contributed by atoms with Gasteiger partial charge in [0, 0.05) is 19.2 Å². The number of hydrogen-bond donors (Lipinski definition) is 0. The molecule has 0 aliphatic rings. The summed E-state index contributed by atoms with van der Waals surface area (Å²) < 4.78 is 4.77. The number of ether oxygens (including phenoxy) is 1. The van der Waals surface area contributed by atoms with E-state index in [9.17, 15) is 14.4 Å². The van der Waals surface area contributed by atoms with Crippen LogP contribution in [0.15, 0.2) is 72.8 Å². The number of hydrogen-bond acceptors (Lipinski definition) is 4. The minimum atomic E-state index is -0.376. The van der Waals surface area contributed by atoms with Crippen molar-refractivity contribution in [2.75, 3.05) is 14.2 Å². The first-order valence-electron chi connectivity index (χ1n) is 9.11. The van der Waals surface area contributed by atoms with Gasteiger partial charge in [-0.3, -0.25) is 9.59 Å². The van der Waals surface area contributed by atoms with Crippen molar-refractivity contribution in [2.45, 2.75) is 6.54 Å². The molecule has 3 rings (SSSR count). The van der Waals surface area contributed by atoms with Crippen LogP contribution in [-0.4, -0.2) is 37.2 Å². The Balaban J connectivity index is 1.74. The Kier molecular flexibility index (Phi) is 6.19. The molecule has 0 fully saturated rings. The maximum atomic E-state index is 12.7. The number of carbonyl (C=O) groups is 3. The second kappa shape index (κ2) is 8.97. The highest BCUT2D eigenvalue weighted by Gasteiger charge is 2.15. The van der Waals surface area contributed by atoms with Crippen LogP contribution in [0.2, 0.25) is 0 Å². The minimum absolute atomic E-state index is 0.206. The minimum Gasteiger partial charge on any atom is -0.465 e. The van der Waals surface area contributed by atoms with Crippen LogP contribution in [0, 0.1) is 0 Å². The molecule has 0 radical (unpaired) electrons. The Labute approximate surface area is 169 Å². The average molecular weight is 387 g/mol. The zero-order valence-electron chi connectivity index (χ0n) is 16.3. The third-order valence-electron chi connectivity index (χ3n) is 4.66. The second-order valence-corrected chi connectivity index (χ2v) is 6.64. The van der Waals surface area contributed by atoms with Crippen LogP contribution in [0.25, 0.3) is 11.1 Å². The average Bonchev–Trinajstić information content (AvgIpc) is 2.78. The van der Waals surface area contributed by atoms with Crippen LogP contribution in [0.4, 0.5) is 0 Å². The Morgan fingerprint density at radius 3 is 2.34 bits per heavy atom. The van der Waals surface area contributed by atoms with Crippen molar-refractivity contribution in [1.82, 2.24) is 4.90 Å². The number of amides is 1. The molecule has 3 aromatic carbocycles. The molecule has 146 valence electrons. The molecule has 5 heteroatoms. The summed E-state index contributed by atoms with van der Waals surface area (Å²) in [5, 5.41) is 0. The van der Waals surface area contributed by atoms with Crippen molar-refractivity contribution in [2.24, 2.45) is 0 Å². The molecule has 0 aliphatic heterocycles. The molecular formula is C24H21NO4. The van der Waals surface area contributed by atoms with E-state index in [-0.39, 0.29) is 11.9 Å². The molecule has 1 amide bonds. The molecular weight excluding hydrogens is 366 g/mol. The van der Waals surface area contributed by atoms with Crippen molar-refractivity contribution in [1.29, 1.82) is 0 Å². The summed E-state index contributed by atoms with van der Waals surface area (Å²) in [6.45, 7) is 0.411. The van der Waals surface area contributed by atoms with Gasteiger partial charge in [0.15, 0.2) is 6.29 Å². The highest BCUT2D eigenvalue weighted by atomic mass is 16.5. The highest BCUT2D eigenvalue weighted by Crippen LogP contribution is 2.22. The van der Waals surface area contributed by atoms with Gasteiger partial charge in [-0.25, -0.2) is 4.79 Å². The van der Waals surface area contributed by atoms with Crippen molar-refractivity contribution in [3.63, 3.8) is 0 Å². The normalized spacial score (nSPS) is 10.3. The summed E-state index contributed by atoms with van der Waals surface area (Å²) in [6.07, 6.45) is 0.693. The molecule has 29 heavy (non-hydrogen) atoms. The quantitative estimate of drug-likeness (QED) is 0.469. The topological polar surface area (TPSA) is 63.7 Å². The van der Waals surface area contributed by atoms with Gasteiger partial charge in [0.2, 0.25) is 0 Å². The van der Waals surface area contributed by atoms with Gasteiger partial charge in [-0.1, -0.05) is 54.6 Å². The van der Waals surface area contributed by atoms with E-state index in [0.717, 1.165) is 16.7 Å². The van der Waals surface area contributed by atoms with Gasteiger partial charge in [0.1, 0.15) is 0 Å². The highest BCUT2D eigenvalue weighted by molar-refractivity contribution is 6.01. The second-order valence-electron chi connectivity index (χ2n) is 6.64. The van der Waals surface area contributed by atoms with E-state index in [2.05, 4.69) is 0 Å². The number of methoxy groups -OCH3 is 1. The van der Waals surface area contributed by atoms with Gasteiger partial charge >= 0.3 is 5.97 Å². The summed E-state index contributed by atoms with van der Waals surface area (Å²) in [4.78, 5) is 37.1. The molecule has 5 nitrogen and oxygen atoms in total. The fourth-order valence-corrected chi connectivity index (χ4v) is 3.09. The van der Waals surface area contributed by atoms with Gasteiger partial charge in [-0.05, 0) is 34.9 Å². The fourth-order valence-electron chi connectivity index (χ4n) is 3.09. The standard InChI is InChI=1S/C24H21NO4/c1-25(23(27)22-9-4-3-6-21(22)16-26)15-17-10-12-18(13-11-17)19-7-5-8-20(14-19)24(28)29-2/h3-14,16H,15H2,1-2H3. The third kappa shape index (κ3) is 4.58. The number of aldehydes is 1. The lowest BCUT2D eigenvalue weighted by atomic mass is 10.0. The van der Waals surface area contributed by atoms with Gasteiger partial charge in [0.05, 0.1) is 18.2 Å². The van der Waals surface area contributed by atoms with Gasteiger partial charge in [-0.15, -0.1) is 0 Å². The van der Waals surface area contributed by atoms with Crippen molar-refractivity contribution in [3.05, 3.63) is 95.1 Å². The molecule has 0 spiro atoms. The zero-order valence-corrected chi connectivity index (χ0v) is 16.3. The largest absolute Gasteiger partial charge is 0.465 e. The molecule has 3 aromatic rings. The Morgan fingerprint density at radius 1 is 0.931 bits per heavy atom. The first-order chi connectivity index (χ1) is 14.0. The fraction of sp³-hybridized carbons (Fsp3) is 0.125. The third-order valence-corrected chi connectivity index (χ3v) is 4.66. The molecule has 0 heterocycles. The summed E-state index contributed by atoms with van der Waals surface area (Å²) >= 11 is 0. The van der Waals surface area contributed by atoms with Crippen molar-refractivity contribution in [3.8, 4) is 11.1 Å². The van der Waals surface area contributed by atoms with Gasteiger partial charge in [-0.2, -0.15) is 0 Å². The molecule has 0 saturated carbocycles. The number of carbonyl (C=O) groups excluding carboxylic acids is 3. The Morgan fingerprint density at radius 2 is 1.66 bits per heavy atom. The summed E-state index contributed by atoms with van der Waals surface area (Å²) in [5.74, 6) is -0.582. The summed E-state index contributed by atoms with van der Waals surface area (Å²) in [5.41, 5.74) is 4.08. The number of esters is 1. The first-order valence-corrected chi connectivity index (χ1v) is 9.11. The van der Waals surface area contributed by atoms with Crippen LogP contribution in [0.1, 0.15) is 36.6 Å². The van der Waals surface area contributed by atoms with E-state index in [1.54, 1.807) is 48.3 Å². The Hall–Kier alpha value is -3.73. The zero-order chi connectivity index (χ0) is 20.8. The van der Waals surface area contributed by atoms with Gasteiger partial charge in [0.25, 0.3) is 5.91 Å². The molecule has 0 atom stereocenters. The van der Waals surface area contributed by atoms with Crippen LogP contribution in [0.5, 0.6) is 0 Å². The number of rotatable bonds is 6. The molecule has 0 bridgehead atoms. The van der Waals surface area contributed by atoms with Crippen LogP contribution < -0.4 is 0 Å². The van der Waals surface area contributed by atoms with E-state index in [1.807, 2.05) is 36.4 Å². The lowest BCUT2D eigenvalue weighted by Crippen LogP contribution is -2.27. The SMILES string of the molecule is COC(=O)c1cccc(-c2ccc(CN(C)C(=O)c3ccccc3C=O)cc2)c1.